The van der Waals surface area contributed by atoms with Gasteiger partial charge in [0.2, 0.25) is 6.17 Å². The highest BCUT2D eigenvalue weighted by Crippen LogP contribution is 2.30. The summed E-state index contributed by atoms with van der Waals surface area (Å²) < 4.78 is 15.0. The van der Waals surface area contributed by atoms with Crippen LogP contribution in [0.2, 0.25) is 0 Å². The minimum Gasteiger partial charge on any atom is -0.308 e. The van der Waals surface area contributed by atoms with Crippen molar-refractivity contribution in [2.24, 2.45) is 4.99 Å². The van der Waals surface area contributed by atoms with Crippen LogP contribution in [-0.4, -0.2) is 30.4 Å². The number of para-hydroxylation sites is 1. The topological polar surface area (TPSA) is 73.8 Å². The molecule has 7 heteroatoms. The van der Waals surface area contributed by atoms with Crippen molar-refractivity contribution in [2.75, 3.05) is 16.8 Å². The molecule has 1 unspecified atom stereocenters. The van der Waals surface area contributed by atoms with Gasteiger partial charge in [-0.3, -0.25) is 4.79 Å². The van der Waals surface area contributed by atoms with Gasteiger partial charge in [-0.15, -0.1) is 0 Å². The van der Waals surface area contributed by atoms with Crippen molar-refractivity contribution in [1.82, 2.24) is 5.32 Å². The first-order chi connectivity index (χ1) is 18.9. The van der Waals surface area contributed by atoms with Crippen LogP contribution in [0.3, 0.4) is 0 Å². The lowest BCUT2D eigenvalue weighted by Gasteiger charge is -2.26. The van der Waals surface area contributed by atoms with Crippen LogP contribution in [0.25, 0.3) is 5.57 Å². The van der Waals surface area contributed by atoms with Crippen LogP contribution in [0.1, 0.15) is 22.3 Å². The number of carbonyl (C=O) groups excluding carboxylic acids is 2. The number of urea groups is 1. The Balaban J connectivity index is 1.56. The minimum atomic E-state index is -1.32. The van der Waals surface area contributed by atoms with Crippen LogP contribution in [0.15, 0.2) is 115 Å². The number of aryl methyl sites for hydroxylation is 1. The number of rotatable bonds is 6. The smallest absolute Gasteiger partial charge is 0.308 e. The number of benzene rings is 4. The average molecular weight is 519 g/mol. The van der Waals surface area contributed by atoms with Crippen molar-refractivity contribution in [2.45, 2.75) is 13.1 Å². The Kier molecular flexibility index (Phi) is 7.32. The van der Waals surface area contributed by atoms with Crippen molar-refractivity contribution in [3.8, 4) is 0 Å². The first-order valence-electron chi connectivity index (χ1n) is 12.5. The molecule has 2 N–H and O–H groups in total. The zero-order valence-electron chi connectivity index (χ0n) is 21.4. The van der Waals surface area contributed by atoms with Gasteiger partial charge in [0.1, 0.15) is 5.82 Å². The maximum absolute atomic E-state index is 15.0. The Bertz CT molecular complexity index is 1580. The fourth-order valence-corrected chi connectivity index (χ4v) is 4.52. The largest absolute Gasteiger partial charge is 0.321 e. The first kappa shape index (κ1) is 25.6. The third-order valence-corrected chi connectivity index (χ3v) is 6.41. The SMILES string of the molecule is C=C(CN1C(=O)C(NC(=O)Nc2cccc(C)c2)N=C(c2ccccc2F)c2ccccc21)c1ccccc1. The fraction of sp³-hybridized carbons (Fsp3) is 0.0938. The molecule has 0 saturated heterocycles. The van der Waals surface area contributed by atoms with Crippen LogP contribution in [0.5, 0.6) is 0 Å². The predicted octanol–water partition coefficient (Wildman–Crippen LogP) is 6.18. The van der Waals surface area contributed by atoms with Gasteiger partial charge in [-0.05, 0) is 54.0 Å². The van der Waals surface area contributed by atoms with Crippen LogP contribution < -0.4 is 15.5 Å². The maximum atomic E-state index is 15.0. The molecule has 0 spiro atoms. The third kappa shape index (κ3) is 5.62. The van der Waals surface area contributed by atoms with Crippen LogP contribution in [0, 0.1) is 12.7 Å². The summed E-state index contributed by atoms with van der Waals surface area (Å²) in [5.74, 6) is -0.950. The van der Waals surface area contributed by atoms with E-state index in [1.807, 2.05) is 67.6 Å². The molecule has 1 aliphatic heterocycles. The molecule has 0 radical (unpaired) electrons. The number of nitrogens with zero attached hydrogens (tertiary/aromatic N) is 2. The summed E-state index contributed by atoms with van der Waals surface area (Å²) in [6, 6.07) is 29.7. The molecule has 39 heavy (non-hydrogen) atoms. The van der Waals surface area contributed by atoms with E-state index in [1.54, 1.807) is 41.3 Å². The van der Waals surface area contributed by atoms with Crippen molar-refractivity contribution in [3.63, 3.8) is 0 Å². The van der Waals surface area contributed by atoms with Crippen LogP contribution >= 0.6 is 0 Å². The Morgan fingerprint density at radius 1 is 0.923 bits per heavy atom. The molecule has 4 aromatic rings. The summed E-state index contributed by atoms with van der Waals surface area (Å²) in [5.41, 5.74) is 4.74. The molecule has 1 heterocycles. The summed E-state index contributed by atoms with van der Waals surface area (Å²) >= 11 is 0. The first-order valence-corrected chi connectivity index (χ1v) is 12.5. The molecule has 0 bridgehead atoms. The van der Waals surface area contributed by atoms with E-state index in [-0.39, 0.29) is 17.8 Å². The minimum absolute atomic E-state index is 0.150. The zero-order chi connectivity index (χ0) is 27.4. The number of halogens is 1. The molecule has 1 atom stereocenters. The number of nitrogens with one attached hydrogen (secondary N) is 2. The number of hydrogen-bond acceptors (Lipinski definition) is 3. The summed E-state index contributed by atoms with van der Waals surface area (Å²) in [7, 11) is 0. The Labute approximate surface area is 226 Å². The number of fused-ring (bicyclic) bond motifs is 1. The normalized spacial score (nSPS) is 14.6. The number of amides is 3. The number of aliphatic imine (C=N–C) groups is 1. The van der Waals surface area contributed by atoms with Crippen molar-refractivity contribution in [1.29, 1.82) is 0 Å². The Morgan fingerprint density at radius 3 is 2.36 bits per heavy atom. The van der Waals surface area contributed by atoms with Gasteiger partial charge in [-0.2, -0.15) is 0 Å². The van der Waals surface area contributed by atoms with Crippen molar-refractivity contribution < 1.29 is 14.0 Å². The van der Waals surface area contributed by atoms with E-state index in [9.17, 15) is 9.59 Å². The molecule has 0 aromatic heterocycles. The lowest BCUT2D eigenvalue weighted by Crippen LogP contribution is -2.49. The quantitative estimate of drug-likeness (QED) is 0.320. The lowest BCUT2D eigenvalue weighted by molar-refractivity contribution is -0.120. The van der Waals surface area contributed by atoms with E-state index < -0.39 is 23.9 Å². The Hall–Kier alpha value is -5.04. The molecule has 3 amide bonds. The molecule has 1 aliphatic rings. The lowest BCUT2D eigenvalue weighted by atomic mass is 9.99. The fourth-order valence-electron chi connectivity index (χ4n) is 4.52. The van der Waals surface area contributed by atoms with Crippen LogP contribution in [-0.2, 0) is 4.79 Å². The van der Waals surface area contributed by atoms with E-state index >= 15 is 4.39 Å². The third-order valence-electron chi connectivity index (χ3n) is 6.41. The molecule has 194 valence electrons. The van der Waals surface area contributed by atoms with Gasteiger partial charge in [0.15, 0.2) is 0 Å². The monoisotopic (exact) mass is 518 g/mol. The molecule has 6 nitrogen and oxygen atoms in total. The molecule has 0 fully saturated rings. The van der Waals surface area contributed by atoms with E-state index in [2.05, 4.69) is 22.2 Å². The van der Waals surface area contributed by atoms with E-state index in [4.69, 9.17) is 0 Å². The highest BCUT2D eigenvalue weighted by atomic mass is 19.1. The van der Waals surface area contributed by atoms with Gasteiger partial charge in [0.05, 0.1) is 17.9 Å². The average Bonchev–Trinajstić information content (AvgIpc) is 3.04. The molecule has 0 saturated carbocycles. The second kappa shape index (κ2) is 11.1. The summed E-state index contributed by atoms with van der Waals surface area (Å²) in [6.45, 7) is 6.27. The highest BCUT2D eigenvalue weighted by molar-refractivity contribution is 6.20. The standard InChI is InChI=1S/C32H27FN4O2/c1-21-11-10-14-24(19-21)34-32(39)36-30-31(38)37(20-22(2)23-12-4-3-5-13-23)28-18-9-7-16-26(28)29(35-30)25-15-6-8-17-27(25)33/h3-19,30H,2,20H2,1H3,(H2,34,36,39). The molecule has 0 aliphatic carbocycles. The summed E-state index contributed by atoms with van der Waals surface area (Å²) in [4.78, 5) is 33.2. The van der Waals surface area contributed by atoms with Gasteiger partial charge in [-0.1, -0.05) is 79.4 Å². The predicted molar refractivity (Wildman–Crippen MR) is 153 cm³/mol. The van der Waals surface area contributed by atoms with E-state index in [1.165, 1.54) is 6.07 Å². The van der Waals surface area contributed by atoms with Gasteiger partial charge in [0, 0.05) is 16.8 Å². The van der Waals surface area contributed by atoms with Gasteiger partial charge >= 0.3 is 6.03 Å². The van der Waals surface area contributed by atoms with E-state index in [0.29, 0.717) is 22.5 Å². The second-order valence-corrected chi connectivity index (χ2v) is 9.24. The summed E-state index contributed by atoms with van der Waals surface area (Å²) in [6.07, 6.45) is -1.32. The maximum Gasteiger partial charge on any atom is 0.321 e. The van der Waals surface area contributed by atoms with E-state index in [0.717, 1.165) is 11.1 Å². The molecule has 4 aromatic carbocycles. The van der Waals surface area contributed by atoms with Gasteiger partial charge < -0.3 is 15.5 Å². The highest BCUT2D eigenvalue weighted by Gasteiger charge is 2.34. The number of carbonyl (C=O) groups is 2. The van der Waals surface area contributed by atoms with Crippen LogP contribution in [0.4, 0.5) is 20.6 Å². The molecule has 5 rings (SSSR count). The molecular weight excluding hydrogens is 491 g/mol. The zero-order valence-corrected chi connectivity index (χ0v) is 21.4. The number of hydrogen-bond donors (Lipinski definition) is 2. The number of anilines is 2. The van der Waals surface area contributed by atoms with Crippen molar-refractivity contribution in [3.05, 3.63) is 138 Å². The second-order valence-electron chi connectivity index (χ2n) is 9.24. The summed E-state index contributed by atoms with van der Waals surface area (Å²) in [5, 5.41) is 5.45. The van der Waals surface area contributed by atoms with Crippen molar-refractivity contribution >= 4 is 34.6 Å². The number of benzodiazepines with no additional fused rings is 1. The van der Waals surface area contributed by atoms with Gasteiger partial charge in [0.25, 0.3) is 5.91 Å². The Morgan fingerprint density at radius 2 is 1.62 bits per heavy atom. The molecular formula is C32H27FN4O2. The van der Waals surface area contributed by atoms with Gasteiger partial charge in [-0.25, -0.2) is 14.2 Å².